The number of methoxy groups -OCH3 is 2. The molecule has 1 heterocycles. The Morgan fingerprint density at radius 3 is 2.33 bits per heavy atom. The molecule has 27 heavy (non-hydrogen) atoms. The van der Waals surface area contributed by atoms with Crippen LogP contribution >= 0.6 is 0 Å². The van der Waals surface area contributed by atoms with Gasteiger partial charge >= 0.3 is 6.18 Å². The van der Waals surface area contributed by atoms with Crippen LogP contribution in [-0.2, 0) is 6.18 Å². The summed E-state index contributed by atoms with van der Waals surface area (Å²) in [5.74, 6) is 0.151. The quantitative estimate of drug-likeness (QED) is 0.852. The van der Waals surface area contributed by atoms with Crippen LogP contribution in [0.1, 0.15) is 11.1 Å². The second-order valence-corrected chi connectivity index (χ2v) is 5.56. The van der Waals surface area contributed by atoms with E-state index in [0.717, 1.165) is 12.1 Å². The van der Waals surface area contributed by atoms with Gasteiger partial charge in [-0.15, -0.1) is 0 Å². The minimum absolute atomic E-state index is 0.00789. The lowest BCUT2D eigenvalue weighted by atomic mass is 9.95. The molecule has 2 aromatic carbocycles. The number of ether oxygens (including phenoxy) is 2. The van der Waals surface area contributed by atoms with Gasteiger partial charge in [-0.1, -0.05) is 12.1 Å². The number of alkyl halides is 3. The molecule has 0 spiro atoms. The van der Waals surface area contributed by atoms with Gasteiger partial charge in [0.2, 0.25) is 5.75 Å². The van der Waals surface area contributed by atoms with Crippen LogP contribution in [0.4, 0.5) is 13.2 Å². The van der Waals surface area contributed by atoms with Crippen molar-refractivity contribution in [2.45, 2.75) is 6.18 Å². The SMILES string of the molecule is COc1cc(C=C2N=CC=N2)c(-c2cccc(C(F)(F)F)c2)c(OC)c1O. The van der Waals surface area contributed by atoms with E-state index in [9.17, 15) is 18.3 Å². The molecular weight excluding hydrogens is 361 g/mol. The maximum atomic E-state index is 13.1. The van der Waals surface area contributed by atoms with Crippen LogP contribution in [0, 0.1) is 0 Å². The molecule has 0 radical (unpaired) electrons. The maximum absolute atomic E-state index is 13.1. The van der Waals surface area contributed by atoms with Gasteiger partial charge in [0, 0.05) is 18.0 Å². The highest BCUT2D eigenvalue weighted by atomic mass is 19.4. The van der Waals surface area contributed by atoms with E-state index in [-0.39, 0.29) is 28.4 Å². The van der Waals surface area contributed by atoms with Gasteiger partial charge in [0.15, 0.2) is 17.3 Å². The third-order valence-corrected chi connectivity index (χ3v) is 3.92. The minimum atomic E-state index is -4.50. The average molecular weight is 376 g/mol. The van der Waals surface area contributed by atoms with Crippen molar-refractivity contribution < 1.29 is 27.8 Å². The zero-order valence-electron chi connectivity index (χ0n) is 14.4. The molecule has 1 N–H and O–H groups in total. The summed E-state index contributed by atoms with van der Waals surface area (Å²) in [6.07, 6.45) is 0.0474. The molecular formula is C19H15F3N2O3. The molecule has 1 aliphatic rings. The first-order valence-electron chi connectivity index (χ1n) is 7.79. The monoisotopic (exact) mass is 376 g/mol. The smallest absolute Gasteiger partial charge is 0.416 e. The lowest BCUT2D eigenvalue weighted by molar-refractivity contribution is -0.137. The van der Waals surface area contributed by atoms with Crippen molar-refractivity contribution in [1.82, 2.24) is 0 Å². The Morgan fingerprint density at radius 1 is 1.04 bits per heavy atom. The van der Waals surface area contributed by atoms with Gasteiger partial charge in [-0.2, -0.15) is 13.2 Å². The van der Waals surface area contributed by atoms with Crippen LogP contribution in [0.25, 0.3) is 17.2 Å². The van der Waals surface area contributed by atoms with Crippen molar-refractivity contribution in [3.8, 4) is 28.4 Å². The van der Waals surface area contributed by atoms with Crippen molar-refractivity contribution >= 4 is 18.5 Å². The molecule has 5 nitrogen and oxygen atoms in total. The molecule has 0 bridgehead atoms. The van der Waals surface area contributed by atoms with Crippen molar-refractivity contribution in [2.24, 2.45) is 9.98 Å². The van der Waals surface area contributed by atoms with Gasteiger partial charge in [-0.05, 0) is 35.4 Å². The van der Waals surface area contributed by atoms with Gasteiger partial charge in [0.25, 0.3) is 0 Å². The number of phenols is 1. The molecule has 0 saturated heterocycles. The first kappa shape index (κ1) is 18.5. The first-order chi connectivity index (χ1) is 12.8. The summed E-state index contributed by atoms with van der Waals surface area (Å²) in [6.45, 7) is 0. The lowest BCUT2D eigenvalue weighted by Crippen LogP contribution is -2.05. The topological polar surface area (TPSA) is 63.4 Å². The Kier molecular flexibility index (Phi) is 4.89. The van der Waals surface area contributed by atoms with Crippen molar-refractivity contribution in [3.05, 3.63) is 47.3 Å². The summed E-state index contributed by atoms with van der Waals surface area (Å²) in [5, 5.41) is 10.4. The Bertz CT molecular complexity index is 949. The van der Waals surface area contributed by atoms with Crippen molar-refractivity contribution in [2.75, 3.05) is 14.2 Å². The second-order valence-electron chi connectivity index (χ2n) is 5.56. The number of rotatable bonds is 4. The molecule has 0 amide bonds. The third kappa shape index (κ3) is 3.64. The standard InChI is InChI=1S/C19H15F3N2O3/c1-26-14-9-12(10-15-23-6-7-24-15)16(18(27-2)17(14)25)11-4-3-5-13(8-11)19(20,21)22/h3-10,25H,1-2H3. The van der Waals surface area contributed by atoms with Crippen molar-refractivity contribution in [1.29, 1.82) is 0 Å². The van der Waals surface area contributed by atoms with E-state index >= 15 is 0 Å². The highest BCUT2D eigenvalue weighted by Gasteiger charge is 2.31. The summed E-state index contributed by atoms with van der Waals surface area (Å²) in [7, 11) is 2.68. The fourth-order valence-electron chi connectivity index (χ4n) is 2.73. The largest absolute Gasteiger partial charge is 0.502 e. The molecule has 0 aliphatic carbocycles. The zero-order valence-corrected chi connectivity index (χ0v) is 14.4. The molecule has 8 heteroatoms. The first-order valence-corrected chi connectivity index (χ1v) is 7.79. The molecule has 0 atom stereocenters. The number of benzene rings is 2. The number of aliphatic imine (C=N–C) groups is 2. The van der Waals surface area contributed by atoms with E-state index in [2.05, 4.69) is 9.98 Å². The molecule has 0 saturated carbocycles. The van der Waals surface area contributed by atoms with E-state index in [1.165, 1.54) is 44.8 Å². The fourth-order valence-corrected chi connectivity index (χ4v) is 2.73. The fraction of sp³-hybridized carbons (Fsp3) is 0.158. The van der Waals surface area contributed by atoms with Gasteiger partial charge < -0.3 is 14.6 Å². The molecule has 0 unspecified atom stereocenters. The number of hydrogen-bond donors (Lipinski definition) is 1. The van der Waals surface area contributed by atoms with Crippen LogP contribution in [0.2, 0.25) is 0 Å². The summed E-state index contributed by atoms with van der Waals surface area (Å²) < 4.78 is 49.9. The predicted octanol–water partition coefficient (Wildman–Crippen LogP) is 4.55. The van der Waals surface area contributed by atoms with Crippen LogP contribution in [0.15, 0.2) is 46.1 Å². The molecule has 2 aromatic rings. The van der Waals surface area contributed by atoms with E-state index in [0.29, 0.717) is 11.4 Å². The number of hydrogen-bond acceptors (Lipinski definition) is 5. The van der Waals surface area contributed by atoms with Gasteiger partial charge in [-0.3, -0.25) is 0 Å². The Balaban J connectivity index is 2.30. The summed E-state index contributed by atoms with van der Waals surface area (Å²) in [6, 6.07) is 6.25. The second kappa shape index (κ2) is 7.14. The molecule has 140 valence electrons. The van der Waals surface area contributed by atoms with Gasteiger partial charge in [0.1, 0.15) is 0 Å². The third-order valence-electron chi connectivity index (χ3n) is 3.92. The van der Waals surface area contributed by atoms with E-state index in [1.54, 1.807) is 6.08 Å². The number of phenolic OH excluding ortho intramolecular Hbond substituents is 1. The van der Waals surface area contributed by atoms with Crippen LogP contribution < -0.4 is 9.47 Å². The van der Waals surface area contributed by atoms with E-state index in [4.69, 9.17) is 9.47 Å². The maximum Gasteiger partial charge on any atom is 0.416 e. The summed E-state index contributed by atoms with van der Waals surface area (Å²) in [4.78, 5) is 8.09. The van der Waals surface area contributed by atoms with Gasteiger partial charge in [0.05, 0.1) is 19.8 Å². The Morgan fingerprint density at radius 2 is 1.74 bits per heavy atom. The average Bonchev–Trinajstić information content (AvgIpc) is 3.15. The molecule has 0 fully saturated rings. The Labute approximate surface area is 153 Å². The number of halogens is 3. The van der Waals surface area contributed by atoms with Crippen molar-refractivity contribution in [3.63, 3.8) is 0 Å². The zero-order chi connectivity index (χ0) is 19.6. The van der Waals surface area contributed by atoms with Gasteiger partial charge in [-0.25, -0.2) is 9.98 Å². The highest BCUT2D eigenvalue weighted by Crippen LogP contribution is 2.47. The number of aromatic hydroxyl groups is 1. The highest BCUT2D eigenvalue weighted by molar-refractivity contribution is 6.18. The summed E-state index contributed by atoms with van der Waals surface area (Å²) in [5.41, 5.74) is 0.115. The summed E-state index contributed by atoms with van der Waals surface area (Å²) >= 11 is 0. The van der Waals surface area contributed by atoms with Crippen LogP contribution in [0.5, 0.6) is 17.2 Å². The molecule has 3 rings (SSSR count). The van der Waals surface area contributed by atoms with Crippen LogP contribution in [0.3, 0.4) is 0 Å². The minimum Gasteiger partial charge on any atom is -0.502 e. The van der Waals surface area contributed by atoms with E-state index < -0.39 is 11.7 Å². The lowest BCUT2D eigenvalue weighted by Gasteiger charge is -2.17. The molecule has 0 aromatic heterocycles. The number of nitrogens with zero attached hydrogens (tertiary/aromatic N) is 2. The molecule has 1 aliphatic heterocycles. The predicted molar refractivity (Wildman–Crippen MR) is 96.6 cm³/mol. The van der Waals surface area contributed by atoms with Crippen LogP contribution in [-0.4, -0.2) is 31.8 Å². The van der Waals surface area contributed by atoms with E-state index in [1.807, 2.05) is 0 Å². The normalized spacial score (nSPS) is 13.1. The Hall–Kier alpha value is -3.29.